The van der Waals surface area contributed by atoms with E-state index in [1.807, 2.05) is 17.3 Å². The van der Waals surface area contributed by atoms with Gasteiger partial charge in [-0.3, -0.25) is 9.78 Å². The molecule has 1 aromatic carbocycles. The number of amides is 1. The van der Waals surface area contributed by atoms with Crippen LogP contribution in [0, 0.1) is 0 Å². The van der Waals surface area contributed by atoms with Crippen LogP contribution < -0.4 is 10.2 Å². The normalized spacial score (nSPS) is 18.7. The molecule has 2 aromatic rings. The van der Waals surface area contributed by atoms with Crippen LogP contribution in [-0.2, 0) is 11.2 Å². The van der Waals surface area contributed by atoms with Crippen molar-refractivity contribution in [1.82, 2.24) is 15.2 Å². The predicted molar refractivity (Wildman–Crippen MR) is 118 cm³/mol. The van der Waals surface area contributed by atoms with Crippen molar-refractivity contribution in [2.24, 2.45) is 0 Å². The summed E-state index contributed by atoms with van der Waals surface area (Å²) < 4.78 is 0. The Morgan fingerprint density at radius 2 is 2.14 bits per heavy atom. The Bertz CT molecular complexity index is 833. The summed E-state index contributed by atoms with van der Waals surface area (Å²) in [6, 6.07) is 11.6. The van der Waals surface area contributed by atoms with Gasteiger partial charge >= 0.3 is 0 Å². The van der Waals surface area contributed by atoms with Gasteiger partial charge in [0.1, 0.15) is 0 Å². The van der Waals surface area contributed by atoms with Crippen LogP contribution in [0.5, 0.6) is 0 Å². The molecule has 0 spiro atoms. The zero-order valence-electron chi connectivity index (χ0n) is 17.4. The van der Waals surface area contributed by atoms with Gasteiger partial charge in [-0.25, -0.2) is 0 Å². The number of hydrogen-bond acceptors (Lipinski definition) is 4. The molecule has 4 rings (SSSR count). The molecule has 5 heteroatoms. The first-order valence-corrected chi connectivity index (χ1v) is 11.0. The number of nitrogens with one attached hydrogen (secondary N) is 1. The highest BCUT2D eigenvalue weighted by molar-refractivity contribution is 5.78. The van der Waals surface area contributed by atoms with Gasteiger partial charge < -0.3 is 15.1 Å². The highest BCUT2D eigenvalue weighted by Gasteiger charge is 2.19. The van der Waals surface area contributed by atoms with Crippen LogP contribution >= 0.6 is 0 Å². The molecule has 0 saturated carbocycles. The molecule has 2 saturated heterocycles. The Labute approximate surface area is 174 Å². The van der Waals surface area contributed by atoms with Gasteiger partial charge in [-0.2, -0.15) is 0 Å². The number of nitrogens with zero attached hydrogens (tertiary/aromatic N) is 3. The third-order valence-electron chi connectivity index (χ3n) is 6.25. The van der Waals surface area contributed by atoms with Gasteiger partial charge in [0.2, 0.25) is 5.91 Å². The van der Waals surface area contributed by atoms with E-state index in [9.17, 15) is 4.79 Å². The second kappa shape index (κ2) is 9.40. The Kier molecular flexibility index (Phi) is 6.45. The second-order valence-electron chi connectivity index (χ2n) is 8.17. The molecule has 154 valence electrons. The molecule has 2 fully saturated rings. The fourth-order valence-corrected chi connectivity index (χ4v) is 4.25. The Balaban J connectivity index is 1.43. The van der Waals surface area contributed by atoms with Gasteiger partial charge in [-0.15, -0.1) is 0 Å². The van der Waals surface area contributed by atoms with Crippen molar-refractivity contribution in [2.75, 3.05) is 37.6 Å². The zero-order chi connectivity index (χ0) is 20.1. The van der Waals surface area contributed by atoms with Crippen molar-refractivity contribution in [2.45, 2.75) is 45.1 Å². The maximum Gasteiger partial charge on any atom is 0.222 e. The SMILES string of the molecule is CCN(CCC1CCN1)c1cncc(-c2cccc(CCN3CCCC3=O)c2)c1. The first-order chi connectivity index (χ1) is 14.2. The average Bonchev–Trinajstić information content (AvgIpc) is 3.13. The van der Waals surface area contributed by atoms with Gasteiger partial charge in [-0.1, -0.05) is 24.3 Å². The summed E-state index contributed by atoms with van der Waals surface area (Å²) in [6.07, 6.45) is 9.03. The molecule has 0 aliphatic carbocycles. The predicted octanol–water partition coefficient (Wildman–Crippen LogP) is 3.49. The van der Waals surface area contributed by atoms with E-state index in [0.717, 1.165) is 51.1 Å². The van der Waals surface area contributed by atoms with Gasteiger partial charge in [0.25, 0.3) is 0 Å². The van der Waals surface area contributed by atoms with Crippen LogP contribution in [0.15, 0.2) is 42.7 Å². The van der Waals surface area contributed by atoms with E-state index in [1.54, 1.807) is 0 Å². The van der Waals surface area contributed by atoms with Crippen LogP contribution in [0.4, 0.5) is 5.69 Å². The minimum Gasteiger partial charge on any atom is -0.370 e. The first kappa shape index (κ1) is 19.9. The van der Waals surface area contributed by atoms with Gasteiger partial charge in [-0.05, 0) is 56.3 Å². The van der Waals surface area contributed by atoms with Crippen molar-refractivity contribution < 1.29 is 4.79 Å². The standard InChI is InChI=1S/C24H32N4O/c1-2-27(14-10-22-8-11-26-22)23-16-21(17-25-18-23)20-6-3-5-19(15-20)9-13-28-12-4-7-24(28)29/h3,5-6,15-18,22,26H,2,4,7-14H2,1H3. The summed E-state index contributed by atoms with van der Waals surface area (Å²) >= 11 is 0. The molecule has 2 aliphatic heterocycles. The number of anilines is 1. The highest BCUT2D eigenvalue weighted by atomic mass is 16.2. The van der Waals surface area contributed by atoms with E-state index in [-0.39, 0.29) is 0 Å². The van der Waals surface area contributed by atoms with Crippen molar-refractivity contribution in [3.63, 3.8) is 0 Å². The molecule has 0 bridgehead atoms. The van der Waals surface area contributed by atoms with E-state index in [2.05, 4.69) is 52.5 Å². The lowest BCUT2D eigenvalue weighted by Crippen LogP contribution is -2.44. The molecule has 1 aromatic heterocycles. The first-order valence-electron chi connectivity index (χ1n) is 11.0. The summed E-state index contributed by atoms with van der Waals surface area (Å²) in [4.78, 5) is 20.8. The number of benzene rings is 1. The third kappa shape index (κ3) is 4.96. The number of hydrogen-bond donors (Lipinski definition) is 1. The molecular weight excluding hydrogens is 360 g/mol. The zero-order valence-corrected chi connectivity index (χ0v) is 17.4. The molecule has 1 unspecified atom stereocenters. The fraction of sp³-hybridized carbons (Fsp3) is 0.500. The number of rotatable bonds is 9. The number of pyridine rings is 1. The van der Waals surface area contributed by atoms with Gasteiger partial charge in [0, 0.05) is 50.4 Å². The number of carbonyl (C=O) groups is 1. The average molecular weight is 393 g/mol. The Hall–Kier alpha value is -2.40. The maximum atomic E-state index is 11.8. The van der Waals surface area contributed by atoms with E-state index >= 15 is 0 Å². The van der Waals surface area contributed by atoms with E-state index in [1.165, 1.54) is 29.7 Å². The monoisotopic (exact) mass is 392 g/mol. The summed E-state index contributed by atoms with van der Waals surface area (Å²) in [7, 11) is 0. The van der Waals surface area contributed by atoms with Crippen molar-refractivity contribution in [1.29, 1.82) is 0 Å². The summed E-state index contributed by atoms with van der Waals surface area (Å²) in [6.45, 7) is 7.15. The smallest absolute Gasteiger partial charge is 0.222 e. The van der Waals surface area contributed by atoms with Crippen LogP contribution in [-0.4, -0.2) is 54.6 Å². The van der Waals surface area contributed by atoms with Gasteiger partial charge in [0.05, 0.1) is 11.9 Å². The molecule has 1 amide bonds. The highest BCUT2D eigenvalue weighted by Crippen LogP contribution is 2.25. The molecule has 29 heavy (non-hydrogen) atoms. The van der Waals surface area contributed by atoms with Crippen LogP contribution in [0.2, 0.25) is 0 Å². The molecule has 3 heterocycles. The summed E-state index contributed by atoms with van der Waals surface area (Å²) in [5, 5.41) is 3.49. The van der Waals surface area contributed by atoms with Crippen LogP contribution in [0.25, 0.3) is 11.1 Å². The minimum absolute atomic E-state index is 0.301. The maximum absolute atomic E-state index is 11.8. The second-order valence-corrected chi connectivity index (χ2v) is 8.17. The van der Waals surface area contributed by atoms with Crippen molar-refractivity contribution in [3.8, 4) is 11.1 Å². The van der Waals surface area contributed by atoms with E-state index in [0.29, 0.717) is 18.4 Å². The van der Waals surface area contributed by atoms with E-state index < -0.39 is 0 Å². The number of aromatic nitrogens is 1. The topological polar surface area (TPSA) is 48.5 Å². The minimum atomic E-state index is 0.301. The summed E-state index contributed by atoms with van der Waals surface area (Å²) in [5.41, 5.74) is 4.82. The lowest BCUT2D eigenvalue weighted by atomic mass is 10.0. The fourth-order valence-electron chi connectivity index (χ4n) is 4.25. The summed E-state index contributed by atoms with van der Waals surface area (Å²) in [5.74, 6) is 0.301. The number of likely N-dealkylation sites (tertiary alicyclic amines) is 1. The Morgan fingerprint density at radius 1 is 1.24 bits per heavy atom. The lowest BCUT2D eigenvalue weighted by molar-refractivity contribution is -0.127. The molecule has 1 N–H and O–H groups in total. The Morgan fingerprint density at radius 3 is 2.86 bits per heavy atom. The van der Waals surface area contributed by atoms with Crippen LogP contribution in [0.1, 0.15) is 38.2 Å². The largest absolute Gasteiger partial charge is 0.370 e. The van der Waals surface area contributed by atoms with E-state index in [4.69, 9.17) is 0 Å². The lowest BCUT2D eigenvalue weighted by Gasteiger charge is -2.31. The van der Waals surface area contributed by atoms with Crippen molar-refractivity contribution in [3.05, 3.63) is 48.3 Å². The molecule has 0 radical (unpaired) electrons. The van der Waals surface area contributed by atoms with Crippen molar-refractivity contribution >= 4 is 11.6 Å². The molecule has 5 nitrogen and oxygen atoms in total. The molecule has 1 atom stereocenters. The van der Waals surface area contributed by atoms with Gasteiger partial charge in [0.15, 0.2) is 0 Å². The molecule has 2 aliphatic rings. The van der Waals surface area contributed by atoms with Crippen LogP contribution in [0.3, 0.4) is 0 Å². The third-order valence-corrected chi connectivity index (χ3v) is 6.25. The number of carbonyl (C=O) groups excluding carboxylic acids is 1. The molecular formula is C24H32N4O. The quantitative estimate of drug-likeness (QED) is 0.710.